The molecule has 0 unspecified atom stereocenters. The van der Waals surface area contributed by atoms with Crippen LogP contribution in [0.3, 0.4) is 0 Å². The van der Waals surface area contributed by atoms with Gasteiger partial charge in [-0.05, 0) is 5.92 Å². The molecule has 3 aliphatic heterocycles. The average Bonchev–Trinajstić information content (AvgIpc) is 2.03. The van der Waals surface area contributed by atoms with Crippen molar-refractivity contribution in [1.82, 2.24) is 0 Å². The third-order valence-electron chi connectivity index (χ3n) is 3.13. The summed E-state index contributed by atoms with van der Waals surface area (Å²) in [6.07, 6.45) is 4.50. The number of fused-ring (bicyclic) bond motifs is 3. The van der Waals surface area contributed by atoms with Gasteiger partial charge in [0, 0.05) is 19.3 Å². The first-order valence-electron chi connectivity index (χ1n) is 4.76. The van der Waals surface area contributed by atoms with Crippen molar-refractivity contribution >= 4 is 10.1 Å². The fourth-order valence-corrected chi connectivity index (χ4v) is 3.22. The summed E-state index contributed by atoms with van der Waals surface area (Å²) in [7, 11) is -3.30. The molecule has 0 radical (unpaired) electrons. The molecule has 3 heterocycles. The first-order valence-corrected chi connectivity index (χ1v) is 6.58. The molecule has 3 aliphatic rings. The van der Waals surface area contributed by atoms with Crippen LogP contribution in [0, 0.1) is 5.92 Å². The van der Waals surface area contributed by atoms with Crippen LogP contribution < -0.4 is 0 Å². The fraction of sp³-hybridized carbons (Fsp3) is 1.00. The number of quaternary nitrogens is 1. The van der Waals surface area contributed by atoms with Crippen molar-refractivity contribution in [2.45, 2.75) is 19.3 Å². The highest BCUT2D eigenvalue weighted by atomic mass is 32.2. The van der Waals surface area contributed by atoms with Crippen LogP contribution in [-0.2, 0) is 14.4 Å². The fourth-order valence-electron chi connectivity index (χ4n) is 2.42. The first kappa shape index (κ1) is 9.43. The van der Waals surface area contributed by atoms with Gasteiger partial charge in [-0.15, -0.1) is 0 Å². The van der Waals surface area contributed by atoms with Crippen molar-refractivity contribution in [3.8, 4) is 0 Å². The van der Waals surface area contributed by atoms with Gasteiger partial charge in [-0.2, -0.15) is 13.1 Å². The number of hydroxylamine groups is 3. The number of rotatable bonds is 2. The third-order valence-corrected chi connectivity index (χ3v) is 3.72. The quantitative estimate of drug-likeness (QED) is 0.618. The largest absolute Gasteiger partial charge is 0.311 e. The van der Waals surface area contributed by atoms with E-state index in [2.05, 4.69) is 0 Å². The molecule has 3 saturated heterocycles. The summed E-state index contributed by atoms with van der Waals surface area (Å²) in [6.45, 7) is 2.62. The molecule has 0 aromatic heterocycles. The van der Waals surface area contributed by atoms with Crippen LogP contribution in [0.1, 0.15) is 19.3 Å². The Hall–Kier alpha value is -0.130. The lowest BCUT2D eigenvalue weighted by atomic mass is 9.88. The van der Waals surface area contributed by atoms with E-state index in [1.165, 1.54) is 0 Å². The summed E-state index contributed by atoms with van der Waals surface area (Å²) in [5.74, 6) is 0.822. The SMILES string of the molecule is CS(=O)(=O)O[N+]12CCC(CC1)CC2. The average molecular weight is 206 g/mol. The molecule has 0 saturated carbocycles. The Morgan fingerprint density at radius 1 is 1.15 bits per heavy atom. The molecular weight excluding hydrogens is 190 g/mol. The molecule has 2 bridgehead atoms. The van der Waals surface area contributed by atoms with Crippen molar-refractivity contribution < 1.29 is 17.3 Å². The Kier molecular flexibility index (Phi) is 2.13. The molecule has 0 spiro atoms. The minimum Gasteiger partial charge on any atom is -0.195 e. The summed E-state index contributed by atoms with van der Waals surface area (Å²) in [5, 5.41) is 0. The minimum atomic E-state index is -3.30. The molecular formula is C8H16NO3S+. The second-order valence-electron chi connectivity index (χ2n) is 4.24. The van der Waals surface area contributed by atoms with Crippen LogP contribution in [0.5, 0.6) is 0 Å². The minimum absolute atomic E-state index is 0.356. The summed E-state index contributed by atoms with van der Waals surface area (Å²) in [4.78, 5) is 0. The standard InChI is InChI=1S/C8H16NO3S/c1-13(10,11)12-9-5-2-8(3-6-9)4-7-9/h8H,2-7H2,1H3/q+1. The molecule has 0 N–H and O–H groups in total. The van der Waals surface area contributed by atoms with Crippen LogP contribution in [-0.4, -0.2) is 39.0 Å². The Morgan fingerprint density at radius 2 is 1.62 bits per heavy atom. The third kappa shape index (κ3) is 2.03. The number of hydrogen-bond acceptors (Lipinski definition) is 3. The van der Waals surface area contributed by atoms with Gasteiger partial charge in [0.15, 0.2) is 0 Å². The van der Waals surface area contributed by atoms with E-state index in [1.54, 1.807) is 0 Å². The summed E-state index contributed by atoms with van der Waals surface area (Å²) >= 11 is 0. The van der Waals surface area contributed by atoms with Gasteiger partial charge in [-0.25, -0.2) is 0 Å². The molecule has 3 rings (SSSR count). The van der Waals surface area contributed by atoms with E-state index in [0.717, 1.165) is 51.1 Å². The number of piperidine rings is 3. The lowest BCUT2D eigenvalue weighted by molar-refractivity contribution is -1.09. The van der Waals surface area contributed by atoms with Crippen molar-refractivity contribution in [3.05, 3.63) is 0 Å². The highest BCUT2D eigenvalue weighted by Crippen LogP contribution is 2.34. The van der Waals surface area contributed by atoms with E-state index in [-0.39, 0.29) is 0 Å². The van der Waals surface area contributed by atoms with Crippen molar-refractivity contribution in [2.24, 2.45) is 5.92 Å². The molecule has 0 aliphatic carbocycles. The van der Waals surface area contributed by atoms with Crippen molar-refractivity contribution in [1.29, 1.82) is 0 Å². The molecule has 4 nitrogen and oxygen atoms in total. The summed E-state index contributed by atoms with van der Waals surface area (Å²) in [5.41, 5.74) is 0. The molecule has 0 aromatic carbocycles. The van der Waals surface area contributed by atoms with E-state index < -0.39 is 10.1 Å². The van der Waals surface area contributed by atoms with Gasteiger partial charge >= 0.3 is 10.1 Å². The second kappa shape index (κ2) is 2.93. The lowest BCUT2D eigenvalue weighted by Crippen LogP contribution is -2.58. The Morgan fingerprint density at radius 3 is 2.00 bits per heavy atom. The van der Waals surface area contributed by atoms with Crippen LogP contribution in [0.2, 0.25) is 0 Å². The maximum atomic E-state index is 11.0. The lowest BCUT2D eigenvalue weighted by Gasteiger charge is -2.44. The van der Waals surface area contributed by atoms with Gasteiger partial charge in [-0.1, -0.05) is 4.28 Å². The van der Waals surface area contributed by atoms with Gasteiger partial charge < -0.3 is 0 Å². The van der Waals surface area contributed by atoms with Gasteiger partial charge in [0.25, 0.3) is 0 Å². The maximum Gasteiger partial charge on any atom is 0.311 e. The number of nitrogens with zero attached hydrogens (tertiary/aromatic N) is 1. The summed E-state index contributed by atoms with van der Waals surface area (Å²) in [6, 6.07) is 0. The van der Waals surface area contributed by atoms with E-state index in [9.17, 15) is 8.42 Å². The van der Waals surface area contributed by atoms with Crippen molar-refractivity contribution in [3.63, 3.8) is 0 Å². The zero-order valence-electron chi connectivity index (χ0n) is 7.90. The number of hydrogen-bond donors (Lipinski definition) is 0. The topological polar surface area (TPSA) is 43.4 Å². The van der Waals surface area contributed by atoms with Crippen LogP contribution in [0.4, 0.5) is 0 Å². The maximum absolute atomic E-state index is 11.0. The second-order valence-corrected chi connectivity index (χ2v) is 5.80. The van der Waals surface area contributed by atoms with Gasteiger partial charge in [0.05, 0.1) is 6.26 Å². The van der Waals surface area contributed by atoms with Crippen LogP contribution in [0.15, 0.2) is 0 Å². The van der Waals surface area contributed by atoms with Gasteiger partial charge in [-0.3, -0.25) is 0 Å². The first-order chi connectivity index (χ1) is 5.99. The Labute approximate surface area is 79.2 Å². The van der Waals surface area contributed by atoms with Crippen LogP contribution in [0.25, 0.3) is 0 Å². The monoisotopic (exact) mass is 206 g/mol. The van der Waals surface area contributed by atoms with Crippen LogP contribution >= 0.6 is 0 Å². The smallest absolute Gasteiger partial charge is 0.195 e. The predicted molar refractivity (Wildman–Crippen MR) is 48.1 cm³/mol. The van der Waals surface area contributed by atoms with E-state index >= 15 is 0 Å². The molecule has 3 fully saturated rings. The van der Waals surface area contributed by atoms with E-state index in [0.29, 0.717) is 4.65 Å². The van der Waals surface area contributed by atoms with E-state index in [1.807, 2.05) is 0 Å². The van der Waals surface area contributed by atoms with E-state index in [4.69, 9.17) is 4.28 Å². The molecule has 0 atom stereocenters. The zero-order valence-corrected chi connectivity index (χ0v) is 8.72. The molecule has 76 valence electrons. The Bertz CT molecular complexity index is 277. The molecule has 0 amide bonds. The van der Waals surface area contributed by atoms with Crippen molar-refractivity contribution in [2.75, 3.05) is 25.9 Å². The highest BCUT2D eigenvalue weighted by molar-refractivity contribution is 7.85. The molecule has 0 aromatic rings. The normalized spacial score (nSPS) is 39.3. The Balaban J connectivity index is 2.11. The predicted octanol–water partition coefficient (Wildman–Crippen LogP) is 0.508. The van der Waals surface area contributed by atoms with Gasteiger partial charge in [0.1, 0.15) is 19.6 Å². The molecule has 5 heteroatoms. The van der Waals surface area contributed by atoms with Gasteiger partial charge in [0.2, 0.25) is 0 Å². The zero-order chi connectivity index (χ0) is 9.53. The summed E-state index contributed by atoms with van der Waals surface area (Å²) < 4.78 is 27.6. The highest BCUT2D eigenvalue weighted by Gasteiger charge is 2.44. The molecule has 13 heavy (non-hydrogen) atoms.